The van der Waals surface area contributed by atoms with E-state index in [4.69, 9.17) is 5.73 Å². The lowest BCUT2D eigenvalue weighted by Crippen LogP contribution is -2.45. The van der Waals surface area contributed by atoms with Crippen molar-refractivity contribution in [3.05, 3.63) is 0 Å². The van der Waals surface area contributed by atoms with Crippen molar-refractivity contribution >= 4 is 0 Å². The summed E-state index contributed by atoms with van der Waals surface area (Å²) >= 11 is 0. The highest BCUT2D eigenvalue weighted by Crippen LogP contribution is 2.43. The van der Waals surface area contributed by atoms with Crippen molar-refractivity contribution < 1.29 is 0 Å². The van der Waals surface area contributed by atoms with Crippen LogP contribution >= 0.6 is 0 Å². The highest BCUT2D eigenvalue weighted by Gasteiger charge is 2.40. The second-order valence-corrected chi connectivity index (χ2v) is 4.07. The summed E-state index contributed by atoms with van der Waals surface area (Å²) in [6, 6.07) is 0. The molecule has 0 saturated heterocycles. The van der Waals surface area contributed by atoms with Gasteiger partial charge in [-0.05, 0) is 31.6 Å². The summed E-state index contributed by atoms with van der Waals surface area (Å²) in [5.41, 5.74) is 6.55. The molecule has 2 N–H and O–H groups in total. The second kappa shape index (κ2) is 2.23. The van der Waals surface area contributed by atoms with E-state index in [2.05, 4.69) is 0 Å². The van der Waals surface area contributed by atoms with Crippen LogP contribution in [0, 0.1) is 5.92 Å². The van der Waals surface area contributed by atoms with Gasteiger partial charge in [0, 0.05) is 5.54 Å². The molecule has 0 aliphatic heterocycles. The van der Waals surface area contributed by atoms with Crippen LogP contribution < -0.4 is 5.73 Å². The second-order valence-electron chi connectivity index (χ2n) is 4.07. The van der Waals surface area contributed by atoms with Crippen LogP contribution in [0.3, 0.4) is 0 Å². The van der Waals surface area contributed by atoms with Crippen LogP contribution in [0.5, 0.6) is 0 Å². The van der Waals surface area contributed by atoms with Crippen molar-refractivity contribution in [2.75, 3.05) is 0 Å². The van der Waals surface area contributed by atoms with E-state index in [-0.39, 0.29) is 5.54 Å². The summed E-state index contributed by atoms with van der Waals surface area (Å²) in [5, 5.41) is 0. The van der Waals surface area contributed by atoms with E-state index < -0.39 is 0 Å². The van der Waals surface area contributed by atoms with Gasteiger partial charge in [-0.2, -0.15) is 0 Å². The van der Waals surface area contributed by atoms with Crippen LogP contribution in [0.4, 0.5) is 0 Å². The summed E-state index contributed by atoms with van der Waals surface area (Å²) in [5.74, 6) is 0.890. The van der Waals surface area contributed by atoms with Gasteiger partial charge in [0.25, 0.3) is 0 Å². The van der Waals surface area contributed by atoms with Gasteiger partial charge in [0.05, 0.1) is 0 Å². The molecule has 58 valence electrons. The van der Waals surface area contributed by atoms with Crippen molar-refractivity contribution in [3.8, 4) is 0 Å². The summed E-state index contributed by atoms with van der Waals surface area (Å²) in [6.07, 6.45) is 9.64. The maximum absolute atomic E-state index is 6.26. The Morgan fingerprint density at radius 1 is 1.00 bits per heavy atom. The van der Waals surface area contributed by atoms with Gasteiger partial charge < -0.3 is 5.73 Å². The summed E-state index contributed by atoms with van der Waals surface area (Å²) in [4.78, 5) is 0. The van der Waals surface area contributed by atoms with Gasteiger partial charge in [0.2, 0.25) is 0 Å². The number of rotatable bonds is 0. The van der Waals surface area contributed by atoms with E-state index in [9.17, 15) is 0 Å². The molecule has 0 aromatic heterocycles. The average Bonchev–Trinajstić information content (AvgIpc) is 2.29. The molecule has 0 radical (unpaired) electrons. The molecule has 0 bridgehead atoms. The average molecular weight is 139 g/mol. The quantitative estimate of drug-likeness (QED) is 0.546. The maximum atomic E-state index is 6.26. The highest BCUT2D eigenvalue weighted by molar-refractivity contribution is 4.98. The first-order valence-electron chi connectivity index (χ1n) is 4.60. The van der Waals surface area contributed by atoms with Crippen LogP contribution in [0.15, 0.2) is 0 Å². The lowest BCUT2D eigenvalue weighted by molar-refractivity contribution is 0.226. The van der Waals surface area contributed by atoms with Gasteiger partial charge in [-0.25, -0.2) is 0 Å². The highest BCUT2D eigenvalue weighted by atomic mass is 14.8. The number of hydrogen-bond acceptors (Lipinski definition) is 1. The molecular weight excluding hydrogens is 122 g/mol. The zero-order chi connectivity index (χ0) is 7.03. The molecular formula is C9H17N. The minimum absolute atomic E-state index is 0.290. The Labute approximate surface area is 63.0 Å². The van der Waals surface area contributed by atoms with Crippen molar-refractivity contribution in [2.24, 2.45) is 11.7 Å². The first kappa shape index (κ1) is 6.66. The largest absolute Gasteiger partial charge is 0.325 e. The first-order valence-corrected chi connectivity index (χ1v) is 4.60. The summed E-state index contributed by atoms with van der Waals surface area (Å²) < 4.78 is 0. The normalized spacial score (nSPS) is 47.1. The predicted octanol–water partition coefficient (Wildman–Crippen LogP) is 2.06. The number of nitrogens with two attached hydrogens (primary N) is 1. The Balaban J connectivity index is 2.10. The molecule has 2 rings (SSSR count). The Hall–Kier alpha value is -0.0400. The SMILES string of the molecule is NC12CCCCC1CCC2. The van der Waals surface area contributed by atoms with Crippen LogP contribution in [0.25, 0.3) is 0 Å². The Bertz CT molecular complexity index is 133. The fourth-order valence-corrected chi connectivity index (χ4v) is 2.77. The third kappa shape index (κ3) is 0.878. The van der Waals surface area contributed by atoms with Gasteiger partial charge in [-0.3, -0.25) is 0 Å². The molecule has 0 amide bonds. The van der Waals surface area contributed by atoms with E-state index in [1.54, 1.807) is 0 Å². The molecule has 0 aromatic carbocycles. The summed E-state index contributed by atoms with van der Waals surface area (Å²) in [6.45, 7) is 0. The molecule has 2 saturated carbocycles. The van der Waals surface area contributed by atoms with E-state index in [0.29, 0.717) is 0 Å². The number of hydrogen-bond donors (Lipinski definition) is 1. The molecule has 2 unspecified atom stereocenters. The molecule has 2 fully saturated rings. The zero-order valence-corrected chi connectivity index (χ0v) is 6.60. The summed E-state index contributed by atoms with van der Waals surface area (Å²) in [7, 11) is 0. The van der Waals surface area contributed by atoms with Crippen molar-refractivity contribution in [2.45, 2.75) is 50.5 Å². The van der Waals surface area contributed by atoms with Gasteiger partial charge in [-0.15, -0.1) is 0 Å². The van der Waals surface area contributed by atoms with Gasteiger partial charge in [-0.1, -0.05) is 19.3 Å². The predicted molar refractivity (Wildman–Crippen MR) is 42.7 cm³/mol. The van der Waals surface area contributed by atoms with E-state index in [0.717, 1.165) is 5.92 Å². The topological polar surface area (TPSA) is 26.0 Å². The Morgan fingerprint density at radius 2 is 1.70 bits per heavy atom. The molecule has 10 heavy (non-hydrogen) atoms. The molecule has 1 nitrogen and oxygen atoms in total. The smallest absolute Gasteiger partial charge is 0.0182 e. The maximum Gasteiger partial charge on any atom is 0.0182 e. The van der Waals surface area contributed by atoms with Crippen molar-refractivity contribution in [3.63, 3.8) is 0 Å². The fourth-order valence-electron chi connectivity index (χ4n) is 2.77. The lowest BCUT2D eigenvalue weighted by atomic mass is 9.76. The van der Waals surface area contributed by atoms with Gasteiger partial charge in [0.15, 0.2) is 0 Å². The van der Waals surface area contributed by atoms with Crippen LogP contribution in [-0.4, -0.2) is 5.54 Å². The lowest BCUT2D eigenvalue weighted by Gasteiger charge is -2.35. The van der Waals surface area contributed by atoms with Crippen LogP contribution in [0.1, 0.15) is 44.9 Å². The van der Waals surface area contributed by atoms with E-state index >= 15 is 0 Å². The molecule has 2 aliphatic rings. The standard InChI is InChI=1S/C9H17N/c10-9-6-2-1-4-8(9)5-3-7-9/h8H,1-7,10H2. The zero-order valence-electron chi connectivity index (χ0n) is 6.60. The molecule has 0 spiro atoms. The molecule has 0 heterocycles. The third-order valence-electron chi connectivity index (χ3n) is 3.45. The molecule has 2 atom stereocenters. The van der Waals surface area contributed by atoms with Gasteiger partial charge >= 0.3 is 0 Å². The Kier molecular flexibility index (Phi) is 1.48. The van der Waals surface area contributed by atoms with E-state index in [1.165, 1.54) is 44.9 Å². The van der Waals surface area contributed by atoms with E-state index in [1.807, 2.05) is 0 Å². The molecule has 2 aliphatic carbocycles. The molecule has 0 aromatic rings. The van der Waals surface area contributed by atoms with Gasteiger partial charge in [0.1, 0.15) is 0 Å². The monoisotopic (exact) mass is 139 g/mol. The molecule has 1 heteroatoms. The minimum atomic E-state index is 0.290. The van der Waals surface area contributed by atoms with Crippen molar-refractivity contribution in [1.29, 1.82) is 0 Å². The third-order valence-corrected chi connectivity index (χ3v) is 3.45. The van der Waals surface area contributed by atoms with Crippen LogP contribution in [0.2, 0.25) is 0 Å². The first-order chi connectivity index (χ1) is 4.81. The van der Waals surface area contributed by atoms with Crippen molar-refractivity contribution in [1.82, 2.24) is 0 Å². The van der Waals surface area contributed by atoms with Crippen LogP contribution in [-0.2, 0) is 0 Å². The number of fused-ring (bicyclic) bond motifs is 1. The Morgan fingerprint density at radius 3 is 2.50 bits per heavy atom. The minimum Gasteiger partial charge on any atom is -0.325 e. The fraction of sp³-hybridized carbons (Fsp3) is 1.00.